The first-order valence-corrected chi connectivity index (χ1v) is 4.12. The standard InChI is InChI=1S/C9H11F2N3/c1-9(2,5-12)6-4-14(3)13-7(6)8(10)11/h4,8H,1-3H3. The Kier molecular flexibility index (Phi) is 2.56. The summed E-state index contributed by atoms with van der Waals surface area (Å²) in [4.78, 5) is 0. The zero-order chi connectivity index (χ0) is 10.9. The molecule has 14 heavy (non-hydrogen) atoms. The maximum Gasteiger partial charge on any atom is 0.282 e. The van der Waals surface area contributed by atoms with Crippen molar-refractivity contribution >= 4 is 0 Å². The van der Waals surface area contributed by atoms with Gasteiger partial charge in [0.25, 0.3) is 6.43 Å². The van der Waals surface area contributed by atoms with Gasteiger partial charge < -0.3 is 0 Å². The third kappa shape index (κ3) is 1.74. The molecule has 0 aliphatic heterocycles. The quantitative estimate of drug-likeness (QED) is 0.732. The third-order valence-corrected chi connectivity index (χ3v) is 2.02. The van der Waals surface area contributed by atoms with Gasteiger partial charge in [-0.05, 0) is 13.8 Å². The van der Waals surface area contributed by atoms with Crippen molar-refractivity contribution in [3.8, 4) is 6.07 Å². The average molecular weight is 199 g/mol. The van der Waals surface area contributed by atoms with E-state index < -0.39 is 11.8 Å². The van der Waals surface area contributed by atoms with Gasteiger partial charge >= 0.3 is 0 Å². The molecule has 0 spiro atoms. The molecule has 1 heterocycles. The number of hydrogen-bond acceptors (Lipinski definition) is 2. The molecule has 0 aliphatic rings. The van der Waals surface area contributed by atoms with Gasteiger partial charge in [0.1, 0.15) is 5.69 Å². The Balaban J connectivity index is 3.28. The highest BCUT2D eigenvalue weighted by molar-refractivity contribution is 5.32. The van der Waals surface area contributed by atoms with Crippen molar-refractivity contribution in [2.24, 2.45) is 7.05 Å². The topological polar surface area (TPSA) is 41.6 Å². The van der Waals surface area contributed by atoms with Crippen molar-refractivity contribution < 1.29 is 8.78 Å². The van der Waals surface area contributed by atoms with Crippen molar-refractivity contribution in [1.29, 1.82) is 5.26 Å². The lowest BCUT2D eigenvalue weighted by Gasteiger charge is -2.14. The minimum absolute atomic E-state index is 0.289. The molecule has 0 aliphatic carbocycles. The Morgan fingerprint density at radius 2 is 2.14 bits per heavy atom. The molecule has 0 aromatic carbocycles. The van der Waals surface area contributed by atoms with Crippen LogP contribution in [-0.2, 0) is 12.5 Å². The van der Waals surface area contributed by atoms with Crippen molar-refractivity contribution in [2.45, 2.75) is 25.7 Å². The third-order valence-electron chi connectivity index (χ3n) is 2.02. The van der Waals surface area contributed by atoms with E-state index in [1.54, 1.807) is 20.9 Å². The summed E-state index contributed by atoms with van der Waals surface area (Å²) in [7, 11) is 1.56. The fraction of sp³-hybridized carbons (Fsp3) is 0.556. The largest absolute Gasteiger partial charge is 0.282 e. The fourth-order valence-corrected chi connectivity index (χ4v) is 1.21. The van der Waals surface area contributed by atoms with Gasteiger partial charge in [0.2, 0.25) is 0 Å². The molecule has 0 radical (unpaired) electrons. The minimum Gasteiger partial charge on any atom is -0.275 e. The van der Waals surface area contributed by atoms with Crippen molar-refractivity contribution in [1.82, 2.24) is 9.78 Å². The second-order valence-corrected chi connectivity index (χ2v) is 3.64. The van der Waals surface area contributed by atoms with Crippen LogP contribution in [0.15, 0.2) is 6.20 Å². The van der Waals surface area contributed by atoms with Gasteiger partial charge in [-0.2, -0.15) is 10.4 Å². The average Bonchev–Trinajstić information content (AvgIpc) is 2.48. The van der Waals surface area contributed by atoms with Gasteiger partial charge in [-0.25, -0.2) is 8.78 Å². The highest BCUT2D eigenvalue weighted by Crippen LogP contribution is 2.30. The number of halogens is 2. The molecule has 0 saturated carbocycles. The second-order valence-electron chi connectivity index (χ2n) is 3.64. The van der Waals surface area contributed by atoms with Crippen LogP contribution in [0.25, 0.3) is 0 Å². The predicted octanol–water partition coefficient (Wildman–Crippen LogP) is 2.16. The highest BCUT2D eigenvalue weighted by Gasteiger charge is 2.29. The minimum atomic E-state index is -2.64. The normalized spacial score (nSPS) is 11.8. The summed E-state index contributed by atoms with van der Waals surface area (Å²) >= 11 is 0. The molecule has 0 N–H and O–H groups in total. The van der Waals surface area contributed by atoms with Crippen molar-refractivity contribution in [2.75, 3.05) is 0 Å². The lowest BCUT2D eigenvalue weighted by molar-refractivity contribution is 0.143. The Morgan fingerprint density at radius 1 is 1.57 bits per heavy atom. The van der Waals surface area contributed by atoms with E-state index in [-0.39, 0.29) is 11.3 Å². The lowest BCUT2D eigenvalue weighted by atomic mass is 9.87. The number of nitriles is 1. The molecule has 0 amide bonds. The number of alkyl halides is 2. The maximum atomic E-state index is 12.5. The van der Waals surface area contributed by atoms with E-state index in [1.807, 2.05) is 6.07 Å². The smallest absolute Gasteiger partial charge is 0.275 e. The first kappa shape index (κ1) is 10.6. The molecule has 76 valence electrons. The lowest BCUT2D eigenvalue weighted by Crippen LogP contribution is -2.15. The number of hydrogen-bond donors (Lipinski definition) is 0. The molecular weight excluding hydrogens is 188 g/mol. The molecule has 0 atom stereocenters. The first-order chi connectivity index (χ1) is 6.38. The summed E-state index contributed by atoms with van der Waals surface area (Å²) < 4.78 is 26.3. The van der Waals surface area contributed by atoms with Crippen LogP contribution in [0.1, 0.15) is 31.5 Å². The molecular formula is C9H11F2N3. The van der Waals surface area contributed by atoms with Gasteiger partial charge in [0.15, 0.2) is 0 Å². The molecule has 3 nitrogen and oxygen atoms in total. The van der Waals surface area contributed by atoms with Gasteiger partial charge in [0.05, 0.1) is 11.5 Å². The molecule has 1 rings (SSSR count). The van der Waals surface area contributed by atoms with E-state index in [0.29, 0.717) is 0 Å². The van der Waals surface area contributed by atoms with Gasteiger partial charge in [-0.15, -0.1) is 0 Å². The molecule has 0 bridgehead atoms. The Bertz CT molecular complexity index is 374. The van der Waals surface area contributed by atoms with Crippen molar-refractivity contribution in [3.63, 3.8) is 0 Å². The Morgan fingerprint density at radius 3 is 2.57 bits per heavy atom. The molecule has 0 saturated heterocycles. The Hall–Kier alpha value is -1.44. The van der Waals surface area contributed by atoms with Crippen LogP contribution in [0, 0.1) is 11.3 Å². The van der Waals surface area contributed by atoms with Crippen LogP contribution in [0.2, 0.25) is 0 Å². The molecule has 1 aromatic heterocycles. The van der Waals surface area contributed by atoms with E-state index in [1.165, 1.54) is 10.9 Å². The van der Waals surface area contributed by atoms with Crippen LogP contribution < -0.4 is 0 Å². The van der Waals surface area contributed by atoms with Gasteiger partial charge in [-0.3, -0.25) is 4.68 Å². The first-order valence-electron chi connectivity index (χ1n) is 4.12. The summed E-state index contributed by atoms with van der Waals surface area (Å²) in [5.74, 6) is 0. The summed E-state index contributed by atoms with van der Waals surface area (Å²) in [5.41, 5.74) is -0.948. The zero-order valence-electron chi connectivity index (χ0n) is 8.25. The summed E-state index contributed by atoms with van der Waals surface area (Å²) in [6.07, 6.45) is -1.18. The second kappa shape index (κ2) is 3.37. The van der Waals surface area contributed by atoms with Crippen LogP contribution in [0.5, 0.6) is 0 Å². The Labute approximate surface area is 81.0 Å². The van der Waals surface area contributed by atoms with Gasteiger partial charge in [-0.1, -0.05) is 0 Å². The maximum absolute atomic E-state index is 12.5. The molecule has 5 heteroatoms. The molecule has 0 fully saturated rings. The van der Waals surface area contributed by atoms with E-state index in [4.69, 9.17) is 5.26 Å². The SMILES string of the molecule is Cn1cc(C(C)(C)C#N)c(C(F)F)n1. The van der Waals surface area contributed by atoms with E-state index in [9.17, 15) is 8.78 Å². The zero-order valence-corrected chi connectivity index (χ0v) is 8.25. The monoisotopic (exact) mass is 199 g/mol. The van der Waals surface area contributed by atoms with Crippen LogP contribution in [0.3, 0.4) is 0 Å². The number of aromatic nitrogens is 2. The summed E-state index contributed by atoms with van der Waals surface area (Å²) in [6, 6.07) is 1.98. The van der Waals surface area contributed by atoms with E-state index in [2.05, 4.69) is 5.10 Å². The number of nitrogens with zero attached hydrogens (tertiary/aromatic N) is 3. The van der Waals surface area contributed by atoms with E-state index >= 15 is 0 Å². The van der Waals surface area contributed by atoms with Crippen LogP contribution >= 0.6 is 0 Å². The number of rotatable bonds is 2. The van der Waals surface area contributed by atoms with E-state index in [0.717, 1.165) is 0 Å². The highest BCUT2D eigenvalue weighted by atomic mass is 19.3. The predicted molar refractivity (Wildman–Crippen MR) is 46.8 cm³/mol. The molecule has 1 aromatic rings. The summed E-state index contributed by atoms with van der Waals surface area (Å²) in [6.45, 7) is 3.19. The summed E-state index contributed by atoms with van der Waals surface area (Å²) in [5, 5.41) is 12.5. The van der Waals surface area contributed by atoms with Crippen LogP contribution in [0.4, 0.5) is 8.78 Å². The van der Waals surface area contributed by atoms with Crippen LogP contribution in [-0.4, -0.2) is 9.78 Å². The number of aryl methyl sites for hydroxylation is 1. The van der Waals surface area contributed by atoms with Crippen molar-refractivity contribution in [3.05, 3.63) is 17.5 Å². The fourth-order valence-electron chi connectivity index (χ4n) is 1.21. The molecule has 0 unspecified atom stereocenters. The van der Waals surface area contributed by atoms with Gasteiger partial charge in [0, 0.05) is 18.8 Å².